The summed E-state index contributed by atoms with van der Waals surface area (Å²) in [6.45, 7) is 2.73. The Bertz CT molecular complexity index is 1640. The zero-order valence-electron chi connectivity index (χ0n) is 25.8. The van der Waals surface area contributed by atoms with Crippen LogP contribution in [0.25, 0.3) is 0 Å². The van der Waals surface area contributed by atoms with Crippen LogP contribution in [-0.4, -0.2) is 47.9 Å². The number of carbonyl (C=O) groups is 3. The van der Waals surface area contributed by atoms with Gasteiger partial charge < -0.3 is 26.0 Å². The smallest absolute Gasteiger partial charge is 0.326 e. The van der Waals surface area contributed by atoms with Gasteiger partial charge in [-0.2, -0.15) is 5.26 Å². The highest BCUT2D eigenvalue weighted by Crippen LogP contribution is 2.48. The number of nitrogens with one attached hydrogen (secondary N) is 4. The lowest BCUT2D eigenvalue weighted by atomic mass is 9.86. The van der Waals surface area contributed by atoms with Crippen molar-refractivity contribution in [3.05, 3.63) is 76.3 Å². The lowest BCUT2D eigenvalue weighted by Crippen LogP contribution is -2.62. The van der Waals surface area contributed by atoms with Crippen LogP contribution in [-0.2, 0) is 9.59 Å². The van der Waals surface area contributed by atoms with Crippen molar-refractivity contribution < 1.29 is 19.1 Å². The number of allylic oxidation sites excluding steroid dienone is 1. The van der Waals surface area contributed by atoms with Gasteiger partial charge in [-0.15, -0.1) is 0 Å². The minimum Gasteiger partial charge on any atom is -0.457 e. The zero-order valence-corrected chi connectivity index (χ0v) is 26.6. The third kappa shape index (κ3) is 6.24. The molecular formula is C35H38N6O4S. The molecule has 10 nitrogen and oxygen atoms in total. The van der Waals surface area contributed by atoms with Crippen LogP contribution >= 0.6 is 11.8 Å². The van der Waals surface area contributed by atoms with Crippen LogP contribution in [0.2, 0.25) is 0 Å². The summed E-state index contributed by atoms with van der Waals surface area (Å²) in [5, 5.41) is 22.2. The highest BCUT2D eigenvalue weighted by molar-refractivity contribution is 8.04. The van der Waals surface area contributed by atoms with E-state index in [1.54, 1.807) is 6.08 Å². The number of hydrogen-bond acceptors (Lipinski definition) is 7. The van der Waals surface area contributed by atoms with Crippen LogP contribution in [0.1, 0.15) is 50.5 Å². The number of urea groups is 1. The predicted octanol–water partition coefficient (Wildman–Crippen LogP) is 4.98. The van der Waals surface area contributed by atoms with Crippen molar-refractivity contribution in [1.29, 1.82) is 5.26 Å². The maximum absolute atomic E-state index is 13.7. The number of aryl methyl sites for hydroxylation is 1. The number of hydrogen-bond donors (Lipinski definition) is 4. The number of carbonyl (C=O) groups excluding carboxylic acids is 3. The van der Waals surface area contributed by atoms with E-state index in [2.05, 4.69) is 21.3 Å². The summed E-state index contributed by atoms with van der Waals surface area (Å²) in [5.74, 6) is 1.32. The first-order chi connectivity index (χ1) is 22.4. The monoisotopic (exact) mass is 638 g/mol. The second-order valence-corrected chi connectivity index (χ2v) is 14.0. The van der Waals surface area contributed by atoms with Crippen LogP contribution in [0.15, 0.2) is 70.8 Å². The van der Waals surface area contributed by atoms with E-state index in [-0.39, 0.29) is 52.8 Å². The van der Waals surface area contributed by atoms with Gasteiger partial charge in [0.05, 0.1) is 16.3 Å². The summed E-state index contributed by atoms with van der Waals surface area (Å²) < 4.78 is 6.02. The lowest BCUT2D eigenvalue weighted by Gasteiger charge is -2.46. The van der Waals surface area contributed by atoms with Gasteiger partial charge in [-0.05, 0) is 100 Å². The van der Waals surface area contributed by atoms with Crippen molar-refractivity contribution in [3.8, 4) is 17.6 Å². The van der Waals surface area contributed by atoms with Crippen molar-refractivity contribution in [2.45, 2.75) is 75.4 Å². The second-order valence-electron chi connectivity index (χ2n) is 12.8. The largest absolute Gasteiger partial charge is 0.457 e. The summed E-state index contributed by atoms with van der Waals surface area (Å²) in [5.41, 5.74) is 2.68. The Morgan fingerprint density at radius 2 is 1.74 bits per heavy atom. The molecule has 0 bridgehead atoms. The molecule has 3 atom stereocenters. The van der Waals surface area contributed by atoms with E-state index < -0.39 is 0 Å². The average Bonchev–Trinajstić information content (AvgIpc) is 3.81. The topological polar surface area (TPSA) is 136 Å². The van der Waals surface area contributed by atoms with Gasteiger partial charge in [0.2, 0.25) is 0 Å². The Morgan fingerprint density at radius 3 is 2.43 bits per heavy atom. The predicted molar refractivity (Wildman–Crippen MR) is 176 cm³/mol. The molecule has 0 aromatic heterocycles. The molecule has 2 aliphatic carbocycles. The molecule has 2 aromatic carbocycles. The van der Waals surface area contributed by atoms with Crippen LogP contribution in [0.3, 0.4) is 0 Å². The Morgan fingerprint density at radius 1 is 1.00 bits per heavy atom. The standard InChI is InChI=1S/C35H38N6O4S/c1-20-17-26(45-25-5-3-2-4-6-25)13-14-27(20)41-28-15-16-37-34-29(28)30(40-35(41)44)31(46-34)33(43)39-24-11-9-23(10-12-24)38-32(42)22(19-36)18-21-7-8-21/h2-6,13-14,17-18,21,23-24,28-29,34,37H,7-12,15-16H2,1H3,(H,38,42)(H,39,43)(H,40,44)/b22-18+. The van der Waals surface area contributed by atoms with Gasteiger partial charge in [-0.3, -0.25) is 14.5 Å². The number of nitrogens with zero attached hydrogens (tertiary/aromatic N) is 2. The third-order valence-electron chi connectivity index (χ3n) is 9.54. The number of amides is 4. The number of ether oxygens (including phenoxy) is 1. The van der Waals surface area contributed by atoms with E-state index in [4.69, 9.17) is 4.74 Å². The Balaban J connectivity index is 1.00. The van der Waals surface area contributed by atoms with Crippen molar-refractivity contribution in [1.82, 2.24) is 21.3 Å². The molecule has 238 valence electrons. The van der Waals surface area contributed by atoms with Crippen LogP contribution in [0, 0.1) is 30.1 Å². The van der Waals surface area contributed by atoms with E-state index >= 15 is 0 Å². The first-order valence-electron chi connectivity index (χ1n) is 16.2. The minimum absolute atomic E-state index is 0.0115. The summed E-state index contributed by atoms with van der Waals surface area (Å²) >= 11 is 1.50. The summed E-state index contributed by atoms with van der Waals surface area (Å²) in [6.07, 6.45) is 7.56. The van der Waals surface area contributed by atoms with E-state index in [1.807, 2.05) is 66.4 Å². The van der Waals surface area contributed by atoms with E-state index in [9.17, 15) is 19.6 Å². The molecule has 3 unspecified atom stereocenters. The summed E-state index contributed by atoms with van der Waals surface area (Å²) in [7, 11) is 0. The fourth-order valence-electron chi connectivity index (χ4n) is 7.05. The first-order valence-corrected chi connectivity index (χ1v) is 17.1. The molecule has 2 saturated heterocycles. The molecule has 3 aliphatic heterocycles. The minimum atomic E-state index is -0.297. The van der Waals surface area contributed by atoms with Gasteiger partial charge in [0.25, 0.3) is 11.8 Å². The van der Waals surface area contributed by atoms with Gasteiger partial charge in [0, 0.05) is 29.4 Å². The molecule has 4 N–H and O–H groups in total. The Labute approximate surface area is 273 Å². The van der Waals surface area contributed by atoms with Crippen LogP contribution in [0.4, 0.5) is 10.5 Å². The fraction of sp³-hybridized carbons (Fsp3) is 0.429. The molecule has 4 amide bonds. The van der Waals surface area contributed by atoms with Gasteiger partial charge in [0.1, 0.15) is 23.1 Å². The average molecular weight is 639 g/mol. The molecule has 0 spiro atoms. The number of thioether (sulfide) groups is 1. The number of piperidine rings is 1. The van der Waals surface area contributed by atoms with Crippen LogP contribution in [0.5, 0.6) is 11.5 Å². The van der Waals surface area contributed by atoms with Crippen molar-refractivity contribution in [3.63, 3.8) is 0 Å². The molecule has 46 heavy (non-hydrogen) atoms. The summed E-state index contributed by atoms with van der Waals surface area (Å²) in [4.78, 5) is 42.4. The Hall–Kier alpha value is -4.27. The molecule has 0 radical (unpaired) electrons. The molecular weight excluding hydrogens is 600 g/mol. The molecule has 4 fully saturated rings. The van der Waals surface area contributed by atoms with Crippen molar-refractivity contribution in [2.75, 3.05) is 11.4 Å². The molecule has 5 aliphatic rings. The number of anilines is 1. The quantitative estimate of drug-likeness (QED) is 0.237. The number of nitriles is 1. The van der Waals surface area contributed by atoms with Crippen molar-refractivity contribution in [2.24, 2.45) is 11.8 Å². The third-order valence-corrected chi connectivity index (χ3v) is 10.9. The van der Waals surface area contributed by atoms with Gasteiger partial charge in [-0.1, -0.05) is 36.0 Å². The van der Waals surface area contributed by atoms with E-state index in [1.165, 1.54) is 11.8 Å². The van der Waals surface area contributed by atoms with Gasteiger partial charge >= 0.3 is 6.03 Å². The number of benzene rings is 2. The molecule has 11 heteroatoms. The molecule has 2 saturated carbocycles. The van der Waals surface area contributed by atoms with E-state index in [0.29, 0.717) is 22.3 Å². The molecule has 3 heterocycles. The van der Waals surface area contributed by atoms with Crippen LogP contribution < -0.4 is 30.9 Å². The number of para-hydroxylation sites is 1. The van der Waals surface area contributed by atoms with Gasteiger partial charge in [-0.25, -0.2) is 4.79 Å². The maximum Gasteiger partial charge on any atom is 0.326 e. The first kappa shape index (κ1) is 30.4. The van der Waals surface area contributed by atoms with Gasteiger partial charge in [0.15, 0.2) is 0 Å². The second kappa shape index (κ2) is 12.9. The Kier molecular flexibility index (Phi) is 8.49. The normalized spacial score (nSPS) is 27.3. The lowest BCUT2D eigenvalue weighted by molar-refractivity contribution is -0.119. The van der Waals surface area contributed by atoms with Crippen molar-refractivity contribution >= 4 is 35.3 Å². The number of rotatable bonds is 8. The fourth-order valence-corrected chi connectivity index (χ4v) is 8.45. The summed E-state index contributed by atoms with van der Waals surface area (Å²) in [6, 6.07) is 17.1. The zero-order chi connectivity index (χ0) is 31.8. The highest BCUT2D eigenvalue weighted by Gasteiger charge is 2.52. The highest BCUT2D eigenvalue weighted by atomic mass is 32.2. The molecule has 2 aromatic rings. The molecule has 7 rings (SSSR count). The maximum atomic E-state index is 13.7. The van der Waals surface area contributed by atoms with E-state index in [0.717, 1.165) is 68.5 Å². The SMILES string of the molecule is Cc1cc(Oc2ccccc2)ccc1N1C(=O)NC2=C(C(=O)NC3CCC(NC(=O)/C(C#N)=C/C4CC4)CC3)SC3NCCC1C23.